The quantitative estimate of drug-likeness (QED) is 0.744. The molecule has 8 nitrogen and oxygen atoms in total. The zero-order valence-electron chi connectivity index (χ0n) is 17.7. The largest absolute Gasteiger partial charge is 0.493 e. The van der Waals surface area contributed by atoms with Gasteiger partial charge in [0.2, 0.25) is 0 Å². The van der Waals surface area contributed by atoms with Crippen molar-refractivity contribution in [3.8, 4) is 17.6 Å². The molecule has 158 valence electrons. The van der Waals surface area contributed by atoms with Gasteiger partial charge in [0.25, 0.3) is 5.91 Å². The van der Waals surface area contributed by atoms with Gasteiger partial charge in [-0.25, -0.2) is 4.99 Å². The van der Waals surface area contributed by atoms with Gasteiger partial charge in [-0.2, -0.15) is 5.26 Å². The van der Waals surface area contributed by atoms with Crippen LogP contribution in [0.4, 0.5) is 0 Å². The molecular weight excluding hydrogens is 402 g/mol. The molecule has 2 heterocycles. The molecule has 0 aliphatic carbocycles. The minimum Gasteiger partial charge on any atom is -0.493 e. The molecule has 0 fully saturated rings. The molecule has 3 rings (SSSR count). The van der Waals surface area contributed by atoms with Crippen LogP contribution >= 0.6 is 11.8 Å². The number of rotatable bonds is 6. The SMILES string of the molecule is CCN(CC)C(=O)C1=C(C)N=C2SC(C#N)=C(N)N2[C@@H]1c1ccc(OC)c(OC)c1. The van der Waals surface area contributed by atoms with Crippen LogP contribution in [0.25, 0.3) is 0 Å². The van der Waals surface area contributed by atoms with Crippen LogP contribution in [-0.4, -0.2) is 48.2 Å². The summed E-state index contributed by atoms with van der Waals surface area (Å²) in [6.07, 6.45) is 0. The van der Waals surface area contributed by atoms with E-state index >= 15 is 0 Å². The number of ether oxygens (including phenoxy) is 2. The second-order valence-electron chi connectivity index (χ2n) is 6.69. The molecule has 0 bridgehead atoms. The summed E-state index contributed by atoms with van der Waals surface area (Å²) in [5.41, 5.74) is 8.25. The molecule has 9 heteroatoms. The summed E-state index contributed by atoms with van der Waals surface area (Å²) in [7, 11) is 3.13. The van der Waals surface area contributed by atoms with E-state index in [0.717, 1.165) is 5.56 Å². The highest BCUT2D eigenvalue weighted by molar-refractivity contribution is 8.17. The van der Waals surface area contributed by atoms with Crippen LogP contribution in [0, 0.1) is 11.3 Å². The summed E-state index contributed by atoms with van der Waals surface area (Å²) in [5, 5.41) is 10.1. The Balaban J connectivity index is 2.23. The van der Waals surface area contributed by atoms with Gasteiger partial charge in [-0.1, -0.05) is 6.07 Å². The Morgan fingerprint density at radius 2 is 1.97 bits per heavy atom. The number of hydrogen-bond donors (Lipinski definition) is 1. The first kappa shape index (κ1) is 21.6. The zero-order valence-corrected chi connectivity index (χ0v) is 18.5. The van der Waals surface area contributed by atoms with Crippen LogP contribution in [-0.2, 0) is 4.79 Å². The maximum Gasteiger partial charge on any atom is 0.254 e. The Hall–Kier alpha value is -3.12. The van der Waals surface area contributed by atoms with Gasteiger partial charge < -0.3 is 20.1 Å². The van der Waals surface area contributed by atoms with Gasteiger partial charge in [-0.3, -0.25) is 9.69 Å². The van der Waals surface area contributed by atoms with Gasteiger partial charge >= 0.3 is 0 Å². The molecular formula is C21H25N5O3S. The number of amides is 1. The van der Waals surface area contributed by atoms with Crippen molar-refractivity contribution in [1.82, 2.24) is 9.80 Å². The third kappa shape index (κ3) is 3.48. The van der Waals surface area contributed by atoms with Crippen LogP contribution < -0.4 is 15.2 Å². The first-order valence-electron chi connectivity index (χ1n) is 9.59. The number of methoxy groups -OCH3 is 2. The van der Waals surface area contributed by atoms with Gasteiger partial charge in [0.15, 0.2) is 16.7 Å². The second-order valence-corrected chi connectivity index (χ2v) is 7.66. The number of aliphatic imine (C=N–C) groups is 1. The van der Waals surface area contributed by atoms with Gasteiger partial charge in [0, 0.05) is 13.1 Å². The summed E-state index contributed by atoms with van der Waals surface area (Å²) in [4.78, 5) is 21.9. The lowest BCUT2D eigenvalue weighted by molar-refractivity contribution is -0.127. The van der Waals surface area contributed by atoms with E-state index in [1.54, 1.807) is 30.1 Å². The third-order valence-electron chi connectivity index (χ3n) is 5.18. The van der Waals surface area contributed by atoms with E-state index < -0.39 is 6.04 Å². The first-order chi connectivity index (χ1) is 14.4. The zero-order chi connectivity index (χ0) is 22.0. The van der Waals surface area contributed by atoms with Crippen molar-refractivity contribution < 1.29 is 14.3 Å². The van der Waals surface area contributed by atoms with E-state index in [2.05, 4.69) is 11.1 Å². The second kappa shape index (κ2) is 8.71. The van der Waals surface area contributed by atoms with Crippen LogP contribution in [0.15, 0.2) is 45.2 Å². The lowest BCUT2D eigenvalue weighted by Crippen LogP contribution is -2.42. The normalized spacial score (nSPS) is 18.1. The van der Waals surface area contributed by atoms with Gasteiger partial charge in [0.05, 0.1) is 31.5 Å². The number of thioether (sulfide) groups is 1. The number of likely N-dealkylation sites (N-methyl/N-ethyl adjacent to an activating group) is 1. The average molecular weight is 428 g/mol. The Bertz CT molecular complexity index is 1000. The van der Waals surface area contributed by atoms with Crippen LogP contribution in [0.3, 0.4) is 0 Å². The molecule has 0 spiro atoms. The topological polar surface area (TPSA) is 104 Å². The Morgan fingerprint density at radius 3 is 2.53 bits per heavy atom. The van der Waals surface area contributed by atoms with Gasteiger partial charge in [-0.15, -0.1) is 0 Å². The number of carbonyl (C=O) groups is 1. The monoisotopic (exact) mass is 427 g/mol. The highest BCUT2D eigenvalue weighted by atomic mass is 32.2. The van der Waals surface area contributed by atoms with Crippen molar-refractivity contribution in [2.45, 2.75) is 26.8 Å². The first-order valence-corrected chi connectivity index (χ1v) is 10.4. The van der Waals surface area contributed by atoms with Crippen molar-refractivity contribution in [3.63, 3.8) is 0 Å². The predicted octanol–water partition coefficient (Wildman–Crippen LogP) is 2.96. The number of carbonyl (C=O) groups excluding carboxylic acids is 1. The molecule has 0 aromatic heterocycles. The van der Waals surface area contributed by atoms with Crippen molar-refractivity contribution in [2.75, 3.05) is 27.3 Å². The molecule has 2 aliphatic rings. The Morgan fingerprint density at radius 1 is 1.30 bits per heavy atom. The number of fused-ring (bicyclic) bond motifs is 1. The van der Waals surface area contributed by atoms with E-state index in [0.29, 0.717) is 51.8 Å². The van der Waals surface area contributed by atoms with Gasteiger partial charge in [-0.05, 0) is 50.2 Å². The van der Waals surface area contributed by atoms with Crippen molar-refractivity contribution in [2.24, 2.45) is 10.7 Å². The molecule has 1 aromatic carbocycles. The van der Waals surface area contributed by atoms with E-state index in [4.69, 9.17) is 15.2 Å². The molecule has 0 saturated heterocycles. The minimum absolute atomic E-state index is 0.108. The molecule has 1 aromatic rings. The Kier molecular flexibility index (Phi) is 6.27. The number of nitrogens with two attached hydrogens (primary N) is 1. The maximum atomic E-state index is 13.5. The smallest absolute Gasteiger partial charge is 0.254 e. The van der Waals surface area contributed by atoms with Crippen molar-refractivity contribution >= 4 is 22.8 Å². The van der Waals surface area contributed by atoms with Gasteiger partial charge in [0.1, 0.15) is 16.8 Å². The average Bonchev–Trinajstić information content (AvgIpc) is 3.07. The lowest BCUT2D eigenvalue weighted by Gasteiger charge is -2.37. The fourth-order valence-corrected chi connectivity index (χ4v) is 4.55. The van der Waals surface area contributed by atoms with E-state index in [-0.39, 0.29) is 5.91 Å². The summed E-state index contributed by atoms with van der Waals surface area (Å²) in [6.45, 7) is 6.84. The van der Waals surface area contributed by atoms with Crippen LogP contribution in [0.5, 0.6) is 11.5 Å². The number of allylic oxidation sites excluding steroid dienone is 2. The summed E-state index contributed by atoms with van der Waals surface area (Å²) in [5.74, 6) is 1.31. The molecule has 0 unspecified atom stereocenters. The number of hydrogen-bond acceptors (Lipinski definition) is 8. The molecule has 0 radical (unpaired) electrons. The predicted molar refractivity (Wildman–Crippen MR) is 117 cm³/mol. The Labute approximate surface area is 180 Å². The number of benzene rings is 1. The fraction of sp³-hybridized carbons (Fsp3) is 0.381. The molecule has 2 aliphatic heterocycles. The van der Waals surface area contributed by atoms with Crippen LogP contribution in [0.1, 0.15) is 32.4 Å². The molecule has 30 heavy (non-hydrogen) atoms. The fourth-order valence-electron chi connectivity index (χ4n) is 3.63. The summed E-state index contributed by atoms with van der Waals surface area (Å²) >= 11 is 1.21. The van der Waals surface area contributed by atoms with E-state index in [9.17, 15) is 10.1 Å². The lowest BCUT2D eigenvalue weighted by atomic mass is 9.93. The summed E-state index contributed by atoms with van der Waals surface area (Å²) in [6, 6.07) is 7.09. The summed E-state index contributed by atoms with van der Waals surface area (Å²) < 4.78 is 10.8. The molecule has 0 saturated carbocycles. The standard InChI is InChI=1S/C21H25N5O3S/c1-6-25(7-2)20(27)17-12(3)24-21-26(19(23)16(11-22)30-21)18(17)13-8-9-14(28-4)15(10-13)29-5/h8-10,18H,6-7,23H2,1-5H3/t18-/m1/s1. The molecule has 2 N–H and O–H groups in total. The van der Waals surface area contributed by atoms with E-state index in [1.165, 1.54) is 11.8 Å². The minimum atomic E-state index is -0.538. The number of amidine groups is 1. The number of nitrogens with zero attached hydrogens (tertiary/aromatic N) is 4. The number of nitriles is 1. The van der Waals surface area contributed by atoms with Crippen LogP contribution in [0.2, 0.25) is 0 Å². The van der Waals surface area contributed by atoms with Crippen molar-refractivity contribution in [1.29, 1.82) is 5.26 Å². The highest BCUT2D eigenvalue weighted by Crippen LogP contribution is 2.46. The molecule has 1 atom stereocenters. The van der Waals surface area contributed by atoms with Crippen molar-refractivity contribution in [3.05, 3.63) is 45.8 Å². The molecule has 1 amide bonds. The highest BCUT2D eigenvalue weighted by Gasteiger charge is 2.43. The van der Waals surface area contributed by atoms with E-state index in [1.807, 2.05) is 32.9 Å². The third-order valence-corrected chi connectivity index (χ3v) is 6.16. The maximum absolute atomic E-state index is 13.5.